The van der Waals surface area contributed by atoms with Crippen molar-refractivity contribution in [2.24, 2.45) is 5.92 Å². The number of carboxylic acids is 1. The monoisotopic (exact) mass is 322 g/mol. The van der Waals surface area contributed by atoms with Crippen LogP contribution in [0.15, 0.2) is 18.2 Å². The number of ether oxygens (including phenoxy) is 1. The van der Waals surface area contributed by atoms with E-state index in [-0.39, 0.29) is 0 Å². The molecule has 0 bridgehead atoms. The second kappa shape index (κ2) is 4.86. The van der Waals surface area contributed by atoms with E-state index in [1.165, 1.54) is 29.7 Å². The molecule has 0 heterocycles. The molecule has 0 radical (unpaired) electrons. The summed E-state index contributed by atoms with van der Waals surface area (Å²) < 4.78 is 7.02. The quantitative estimate of drug-likeness (QED) is 0.830. The van der Waals surface area contributed by atoms with Gasteiger partial charge < -0.3 is 0 Å². The van der Waals surface area contributed by atoms with Crippen LogP contribution >= 0.6 is 0 Å². The molecule has 2 aliphatic carbocycles. The van der Waals surface area contributed by atoms with E-state index in [0.717, 1.165) is 41.5 Å². The van der Waals surface area contributed by atoms with Gasteiger partial charge in [0.15, 0.2) is 0 Å². The van der Waals surface area contributed by atoms with Crippen LogP contribution in [0.25, 0.3) is 0 Å². The van der Waals surface area contributed by atoms with Crippen LogP contribution in [0.2, 0.25) is 0 Å². The van der Waals surface area contributed by atoms with Crippen LogP contribution < -0.4 is 9.09 Å². The molecule has 1 N–H and O–H groups in total. The zero-order chi connectivity index (χ0) is 13.5. The third-order valence-electron chi connectivity index (χ3n) is 4.35. The van der Waals surface area contributed by atoms with Crippen LogP contribution in [0, 0.1) is 5.92 Å². The summed E-state index contributed by atoms with van der Waals surface area (Å²) in [5, 5.41) is 9.49. The normalized spacial score (nSPS) is 20.7. The first-order valence-electron chi connectivity index (χ1n) is 6.88. The zero-order valence-corrected chi connectivity index (χ0v) is 13.3. The topological polar surface area (TPSA) is 46.5 Å². The summed E-state index contributed by atoms with van der Waals surface area (Å²) in [5.74, 6) is 0.908. The molecule has 0 aromatic heterocycles. The molecule has 102 valence electrons. The van der Waals surface area contributed by atoms with Gasteiger partial charge in [0.25, 0.3) is 0 Å². The number of carboxylic acid groups (broad SMARTS) is 1. The zero-order valence-electron chi connectivity index (χ0n) is 10.9. The van der Waals surface area contributed by atoms with E-state index in [1.54, 1.807) is 0 Å². The van der Waals surface area contributed by atoms with Crippen molar-refractivity contribution in [2.45, 2.75) is 37.5 Å². The summed E-state index contributed by atoms with van der Waals surface area (Å²) in [4.78, 5) is 11.5. The molecule has 3 nitrogen and oxygen atoms in total. The van der Waals surface area contributed by atoms with Crippen LogP contribution in [0.3, 0.4) is 0 Å². The molecule has 2 saturated carbocycles. The SMILES string of the molecule is O=C(O)C1(c2ccc([AsH2])c(OCC3CC3)c2)CCC1. The van der Waals surface area contributed by atoms with Gasteiger partial charge in [-0.05, 0) is 0 Å². The summed E-state index contributed by atoms with van der Waals surface area (Å²) in [5.41, 5.74) is 0.261. The Labute approximate surface area is 121 Å². The van der Waals surface area contributed by atoms with Crippen molar-refractivity contribution in [3.8, 4) is 5.75 Å². The Bertz CT molecular complexity index is 504. The number of hydrogen-bond acceptors (Lipinski definition) is 2. The first kappa shape index (κ1) is 13.1. The summed E-state index contributed by atoms with van der Waals surface area (Å²) in [6.45, 7) is 0.778. The first-order valence-corrected chi connectivity index (χ1v) is 8.09. The van der Waals surface area contributed by atoms with Gasteiger partial charge >= 0.3 is 121 Å². The second-order valence-electron chi connectivity index (χ2n) is 5.75. The molecular formula is C15H19AsO3. The van der Waals surface area contributed by atoms with Gasteiger partial charge in [-0.1, -0.05) is 0 Å². The van der Waals surface area contributed by atoms with Gasteiger partial charge in [0.1, 0.15) is 0 Å². The van der Waals surface area contributed by atoms with Gasteiger partial charge in [-0.25, -0.2) is 0 Å². The third kappa shape index (κ3) is 2.41. The molecule has 1 unspecified atom stereocenters. The number of aliphatic carboxylic acids is 1. The van der Waals surface area contributed by atoms with E-state index in [4.69, 9.17) is 4.74 Å². The number of benzene rings is 1. The fourth-order valence-corrected chi connectivity index (χ4v) is 3.16. The van der Waals surface area contributed by atoms with Gasteiger partial charge in [-0.3, -0.25) is 0 Å². The van der Waals surface area contributed by atoms with Crippen molar-refractivity contribution in [3.63, 3.8) is 0 Å². The van der Waals surface area contributed by atoms with E-state index >= 15 is 0 Å². The molecule has 19 heavy (non-hydrogen) atoms. The predicted octanol–water partition coefficient (Wildman–Crippen LogP) is 1.24. The van der Waals surface area contributed by atoms with Crippen LogP contribution in [0.5, 0.6) is 5.75 Å². The fraction of sp³-hybridized carbons (Fsp3) is 0.533. The molecule has 1 aromatic rings. The van der Waals surface area contributed by atoms with Gasteiger partial charge in [-0.2, -0.15) is 0 Å². The van der Waals surface area contributed by atoms with Crippen LogP contribution in [-0.2, 0) is 10.2 Å². The Kier molecular flexibility index (Phi) is 3.34. The molecule has 0 spiro atoms. The van der Waals surface area contributed by atoms with E-state index in [2.05, 4.69) is 0 Å². The summed E-state index contributed by atoms with van der Waals surface area (Å²) in [7, 11) is 0. The average molecular weight is 322 g/mol. The third-order valence-corrected chi connectivity index (χ3v) is 5.35. The average Bonchev–Trinajstić information content (AvgIpc) is 3.11. The Balaban J connectivity index is 1.85. The summed E-state index contributed by atoms with van der Waals surface area (Å²) in [6.07, 6.45) is 5.03. The first-order chi connectivity index (χ1) is 9.12. The molecule has 2 aliphatic rings. The van der Waals surface area contributed by atoms with Crippen molar-refractivity contribution >= 4 is 27.2 Å². The predicted molar refractivity (Wildman–Crippen MR) is 76.0 cm³/mol. The maximum absolute atomic E-state index is 11.5. The van der Waals surface area contributed by atoms with Crippen molar-refractivity contribution in [2.75, 3.05) is 6.61 Å². The number of hydrogen-bond donors (Lipinski definition) is 1. The molecule has 3 rings (SSSR count). The molecule has 1 aromatic carbocycles. The maximum atomic E-state index is 11.5. The van der Waals surface area contributed by atoms with Crippen molar-refractivity contribution < 1.29 is 14.6 Å². The summed E-state index contributed by atoms with van der Waals surface area (Å²) in [6, 6.07) is 5.95. The Morgan fingerprint density at radius 2 is 2.16 bits per heavy atom. The number of carbonyl (C=O) groups is 1. The van der Waals surface area contributed by atoms with Crippen molar-refractivity contribution in [3.05, 3.63) is 23.8 Å². The van der Waals surface area contributed by atoms with Gasteiger partial charge in [-0.15, -0.1) is 0 Å². The molecule has 0 amide bonds. The van der Waals surface area contributed by atoms with E-state index in [1.807, 2.05) is 18.2 Å². The standard InChI is InChI=1S/C15H19AsO3/c16-12-5-4-11(15(14(17)18)6-1-7-15)8-13(12)19-9-10-2-3-10/h4-5,8,10H,1-3,6-7,9,16H2,(H,17,18). The van der Waals surface area contributed by atoms with Crippen LogP contribution in [-0.4, -0.2) is 34.5 Å². The van der Waals surface area contributed by atoms with Crippen LogP contribution in [0.1, 0.15) is 37.7 Å². The van der Waals surface area contributed by atoms with E-state index < -0.39 is 11.4 Å². The second-order valence-corrected chi connectivity index (χ2v) is 7.05. The van der Waals surface area contributed by atoms with Gasteiger partial charge in [0.05, 0.1) is 0 Å². The number of rotatable bonds is 5. The molecule has 0 saturated heterocycles. The van der Waals surface area contributed by atoms with E-state index in [0.29, 0.717) is 5.92 Å². The Morgan fingerprint density at radius 3 is 2.68 bits per heavy atom. The fourth-order valence-electron chi connectivity index (χ4n) is 2.61. The molecule has 0 aliphatic heterocycles. The van der Waals surface area contributed by atoms with Crippen molar-refractivity contribution in [1.82, 2.24) is 0 Å². The molecule has 4 heteroatoms. The molecule has 2 fully saturated rings. The summed E-state index contributed by atoms with van der Waals surface area (Å²) >= 11 is 1.53. The Morgan fingerprint density at radius 1 is 1.42 bits per heavy atom. The van der Waals surface area contributed by atoms with Gasteiger partial charge in [0.2, 0.25) is 0 Å². The Hall–Kier alpha value is -0.952. The molecule has 1 atom stereocenters. The van der Waals surface area contributed by atoms with Gasteiger partial charge in [0, 0.05) is 0 Å². The minimum absolute atomic E-state index is 0.654. The minimum atomic E-state index is -0.693. The molecular weight excluding hydrogens is 303 g/mol. The van der Waals surface area contributed by atoms with E-state index in [9.17, 15) is 9.90 Å². The van der Waals surface area contributed by atoms with Crippen LogP contribution in [0.4, 0.5) is 0 Å². The van der Waals surface area contributed by atoms with Crippen molar-refractivity contribution in [1.29, 1.82) is 0 Å².